The first kappa shape index (κ1) is 30.9. The number of Topliss-reactive ketones (excluding diaryl/α,β-unsaturated/α-hetero) is 1. The number of H-pyrrole nitrogens is 1. The average Bonchev–Trinajstić information content (AvgIpc) is 3.75. The Bertz CT molecular complexity index is 1900. The summed E-state index contributed by atoms with van der Waals surface area (Å²) < 4.78 is 37.0. The fourth-order valence-electron chi connectivity index (χ4n) is 5.67. The van der Waals surface area contributed by atoms with E-state index in [1.54, 1.807) is 18.3 Å². The molecule has 5 aromatic rings. The summed E-state index contributed by atoms with van der Waals surface area (Å²) in [6.45, 7) is 0. The van der Waals surface area contributed by atoms with E-state index in [-0.39, 0.29) is 30.6 Å². The number of ether oxygens (including phenoxy) is 1. The van der Waals surface area contributed by atoms with Crippen molar-refractivity contribution in [1.29, 1.82) is 0 Å². The number of ketones is 1. The number of amides is 1. The molecule has 10 heteroatoms. The number of nitrogens with zero attached hydrogens (tertiary/aromatic N) is 1. The number of hydrogen-bond donors (Lipinski definition) is 3. The minimum atomic E-state index is -4.11. The number of fused-ring (bicyclic) bond motifs is 1. The molecule has 0 radical (unpaired) electrons. The molecule has 6 rings (SSSR count). The van der Waals surface area contributed by atoms with Crippen LogP contribution in [0.15, 0.2) is 109 Å². The number of para-hydroxylation sites is 1. The summed E-state index contributed by atoms with van der Waals surface area (Å²) in [6, 6.07) is 32.4. The predicted octanol–water partition coefficient (Wildman–Crippen LogP) is 6.57. The van der Waals surface area contributed by atoms with E-state index in [1.807, 2.05) is 84.9 Å². The van der Waals surface area contributed by atoms with Crippen molar-refractivity contribution < 1.29 is 27.3 Å². The smallest absolute Gasteiger partial charge is 0.264 e. The molecular weight excluding hydrogens is 602 g/mol. The van der Waals surface area contributed by atoms with E-state index in [4.69, 9.17) is 9.29 Å². The van der Waals surface area contributed by atoms with Gasteiger partial charge in [-0.05, 0) is 64.9 Å². The SMILES string of the molecule is O=C(CCCS(=O)(=O)O)c1ccc(CC(C(=O)Nc2ccc(C3Cc4ccccc4O3)cc2)c2ccc(-c3ccn[nH]3)cc2)cc1. The first-order valence-electron chi connectivity index (χ1n) is 15.0. The van der Waals surface area contributed by atoms with E-state index in [0.717, 1.165) is 40.1 Å². The Kier molecular flexibility index (Phi) is 9.09. The van der Waals surface area contributed by atoms with Gasteiger partial charge in [0.2, 0.25) is 5.91 Å². The van der Waals surface area contributed by atoms with Crippen molar-refractivity contribution in [3.8, 4) is 17.0 Å². The Morgan fingerprint density at radius 2 is 1.67 bits per heavy atom. The van der Waals surface area contributed by atoms with E-state index in [1.165, 1.54) is 5.56 Å². The van der Waals surface area contributed by atoms with Crippen LogP contribution in [0.25, 0.3) is 11.3 Å². The summed E-state index contributed by atoms with van der Waals surface area (Å²) in [5, 5.41) is 10.1. The van der Waals surface area contributed by atoms with Crippen LogP contribution < -0.4 is 10.1 Å². The van der Waals surface area contributed by atoms with Gasteiger partial charge in [-0.15, -0.1) is 0 Å². The number of aromatic amines is 1. The molecule has 2 atom stereocenters. The summed E-state index contributed by atoms with van der Waals surface area (Å²) in [4.78, 5) is 26.4. The summed E-state index contributed by atoms with van der Waals surface area (Å²) in [7, 11) is -4.11. The Hall–Kier alpha value is -5.06. The van der Waals surface area contributed by atoms with Crippen LogP contribution in [0, 0.1) is 0 Å². The molecule has 234 valence electrons. The third-order valence-electron chi connectivity index (χ3n) is 8.16. The number of nitrogens with one attached hydrogen (secondary N) is 2. The molecule has 3 N–H and O–H groups in total. The lowest BCUT2D eigenvalue weighted by Gasteiger charge is -2.19. The third kappa shape index (κ3) is 7.59. The van der Waals surface area contributed by atoms with Gasteiger partial charge in [-0.2, -0.15) is 13.5 Å². The maximum Gasteiger partial charge on any atom is 0.264 e. The van der Waals surface area contributed by atoms with Crippen LogP contribution in [0.3, 0.4) is 0 Å². The standard InChI is InChI=1S/C36H33N3O6S/c40-33(5-3-21-46(42,43)44)27-9-7-24(8-10-27)22-31(25-11-13-26(14-12-25)32-19-20-37-39-32)36(41)38-30-17-15-28(16-18-30)35-23-29-4-1-2-6-34(29)45-35/h1-2,4,6-20,31,35H,3,5,21-23H2,(H,37,39)(H,38,41)(H,42,43,44). The zero-order chi connectivity index (χ0) is 32.1. The van der Waals surface area contributed by atoms with Gasteiger partial charge in [-0.3, -0.25) is 19.2 Å². The summed E-state index contributed by atoms with van der Waals surface area (Å²) in [5.74, 6) is -0.468. The zero-order valence-corrected chi connectivity index (χ0v) is 25.7. The van der Waals surface area contributed by atoms with Crippen LogP contribution in [-0.2, 0) is 27.8 Å². The topological polar surface area (TPSA) is 138 Å². The lowest BCUT2D eigenvalue weighted by Crippen LogP contribution is -2.23. The molecule has 9 nitrogen and oxygen atoms in total. The molecule has 0 saturated heterocycles. The highest BCUT2D eigenvalue weighted by molar-refractivity contribution is 7.85. The van der Waals surface area contributed by atoms with Gasteiger partial charge in [0.25, 0.3) is 10.1 Å². The molecule has 0 bridgehead atoms. The molecular formula is C36H33N3O6S. The second-order valence-corrected chi connectivity index (χ2v) is 13.0. The predicted molar refractivity (Wildman–Crippen MR) is 175 cm³/mol. The Morgan fingerprint density at radius 3 is 2.35 bits per heavy atom. The van der Waals surface area contributed by atoms with Gasteiger partial charge in [0, 0.05) is 30.3 Å². The molecule has 2 heterocycles. The van der Waals surface area contributed by atoms with Gasteiger partial charge in [0.15, 0.2) is 5.78 Å². The number of benzene rings is 4. The number of carbonyl (C=O) groups excluding carboxylic acids is 2. The van der Waals surface area contributed by atoms with Crippen LogP contribution >= 0.6 is 0 Å². The van der Waals surface area contributed by atoms with E-state index < -0.39 is 21.8 Å². The van der Waals surface area contributed by atoms with Gasteiger partial charge in [-0.25, -0.2) is 0 Å². The quantitative estimate of drug-likeness (QED) is 0.104. The molecule has 0 spiro atoms. The molecule has 1 aliphatic heterocycles. The number of hydrogen-bond acceptors (Lipinski definition) is 6. The van der Waals surface area contributed by atoms with Gasteiger partial charge < -0.3 is 10.1 Å². The molecule has 46 heavy (non-hydrogen) atoms. The van der Waals surface area contributed by atoms with Gasteiger partial charge in [0.05, 0.1) is 17.4 Å². The fraction of sp³-hybridized carbons (Fsp3) is 0.194. The molecule has 2 unspecified atom stereocenters. The van der Waals surface area contributed by atoms with Crippen molar-refractivity contribution in [3.63, 3.8) is 0 Å². The van der Waals surface area contributed by atoms with Crippen LogP contribution in [0.4, 0.5) is 5.69 Å². The molecule has 1 aliphatic rings. The highest BCUT2D eigenvalue weighted by Crippen LogP contribution is 2.36. The monoisotopic (exact) mass is 635 g/mol. The van der Waals surface area contributed by atoms with Crippen LogP contribution in [0.5, 0.6) is 5.75 Å². The third-order valence-corrected chi connectivity index (χ3v) is 8.96. The second kappa shape index (κ2) is 13.5. The molecule has 0 fully saturated rings. The van der Waals surface area contributed by atoms with E-state index in [0.29, 0.717) is 17.7 Å². The number of anilines is 1. The van der Waals surface area contributed by atoms with Crippen LogP contribution in [0.2, 0.25) is 0 Å². The fourth-order valence-corrected chi connectivity index (χ4v) is 6.18. The maximum atomic E-state index is 13.8. The van der Waals surface area contributed by atoms with Gasteiger partial charge in [0.1, 0.15) is 11.9 Å². The largest absolute Gasteiger partial charge is 0.485 e. The van der Waals surface area contributed by atoms with E-state index in [9.17, 15) is 18.0 Å². The zero-order valence-electron chi connectivity index (χ0n) is 24.9. The number of rotatable bonds is 12. The molecule has 0 saturated carbocycles. The highest BCUT2D eigenvalue weighted by atomic mass is 32.2. The Balaban J connectivity index is 1.17. The van der Waals surface area contributed by atoms with Crippen molar-refractivity contribution >= 4 is 27.5 Å². The molecule has 0 aliphatic carbocycles. The van der Waals surface area contributed by atoms with Crippen molar-refractivity contribution in [1.82, 2.24) is 10.2 Å². The maximum absolute atomic E-state index is 13.8. The molecule has 1 aromatic heterocycles. The van der Waals surface area contributed by atoms with Gasteiger partial charge >= 0.3 is 0 Å². The lowest BCUT2D eigenvalue weighted by molar-refractivity contribution is -0.117. The van der Waals surface area contributed by atoms with Crippen LogP contribution in [-0.4, -0.2) is 40.6 Å². The minimum absolute atomic E-state index is 0.00540. The van der Waals surface area contributed by atoms with Gasteiger partial charge in [-0.1, -0.05) is 78.9 Å². The molecule has 1 amide bonds. The normalized spacial score (nSPS) is 14.7. The van der Waals surface area contributed by atoms with E-state index >= 15 is 0 Å². The van der Waals surface area contributed by atoms with Crippen molar-refractivity contribution in [2.45, 2.75) is 37.7 Å². The van der Waals surface area contributed by atoms with Crippen molar-refractivity contribution in [2.75, 3.05) is 11.1 Å². The minimum Gasteiger partial charge on any atom is -0.485 e. The number of carbonyl (C=O) groups is 2. The second-order valence-electron chi connectivity index (χ2n) is 11.4. The average molecular weight is 636 g/mol. The van der Waals surface area contributed by atoms with E-state index in [2.05, 4.69) is 21.6 Å². The Labute approximate surface area is 267 Å². The Morgan fingerprint density at radius 1 is 0.935 bits per heavy atom. The summed E-state index contributed by atoms with van der Waals surface area (Å²) in [5.41, 5.74) is 6.85. The van der Waals surface area contributed by atoms with Crippen LogP contribution in [0.1, 0.15) is 57.5 Å². The van der Waals surface area contributed by atoms with Crippen molar-refractivity contribution in [2.24, 2.45) is 0 Å². The highest BCUT2D eigenvalue weighted by Gasteiger charge is 2.25. The lowest BCUT2D eigenvalue weighted by atomic mass is 9.89. The summed E-state index contributed by atoms with van der Waals surface area (Å²) >= 11 is 0. The first-order valence-corrected chi connectivity index (χ1v) is 16.7. The van der Waals surface area contributed by atoms with Crippen molar-refractivity contribution in [3.05, 3.63) is 137 Å². The first-order chi connectivity index (χ1) is 22.2. The summed E-state index contributed by atoms with van der Waals surface area (Å²) in [6.07, 6.45) is 2.85. The molecule has 4 aromatic carbocycles. The number of aromatic nitrogens is 2.